The summed E-state index contributed by atoms with van der Waals surface area (Å²) in [5, 5.41) is 8.08. The van der Waals surface area contributed by atoms with Gasteiger partial charge in [-0.3, -0.25) is 19.1 Å². The summed E-state index contributed by atoms with van der Waals surface area (Å²) in [6.45, 7) is 3.81. The minimum absolute atomic E-state index is 0.122. The van der Waals surface area contributed by atoms with Crippen molar-refractivity contribution in [2.75, 3.05) is 25.5 Å². The number of nitrogens with zero attached hydrogens (tertiary/aromatic N) is 7. The summed E-state index contributed by atoms with van der Waals surface area (Å²) >= 11 is 3.44. The Labute approximate surface area is 298 Å². The van der Waals surface area contributed by atoms with E-state index in [0.717, 1.165) is 44.3 Å². The Morgan fingerprint density at radius 2 is 1.90 bits per heavy atom. The third kappa shape index (κ3) is 6.60. The zero-order valence-electron chi connectivity index (χ0n) is 28.5. The van der Waals surface area contributed by atoms with Crippen LogP contribution in [0, 0.1) is 12.3 Å². The first-order valence-electron chi connectivity index (χ1n) is 17.1. The Kier molecular flexibility index (Phi) is 9.38. The number of aromatic nitrogens is 5. The van der Waals surface area contributed by atoms with Crippen LogP contribution in [-0.2, 0) is 29.2 Å². The number of ketones is 1. The molecule has 11 nitrogen and oxygen atoms in total. The molecule has 0 unspecified atom stereocenters. The number of allylic oxidation sites excluding steroid dienone is 2. The van der Waals surface area contributed by atoms with Crippen LogP contribution in [0.1, 0.15) is 66.5 Å². The molecule has 3 atom stereocenters. The number of carbonyl (C=O) groups is 3. The van der Waals surface area contributed by atoms with Gasteiger partial charge in [0.25, 0.3) is 0 Å². The van der Waals surface area contributed by atoms with Gasteiger partial charge in [0.2, 0.25) is 11.8 Å². The van der Waals surface area contributed by atoms with Gasteiger partial charge in [-0.1, -0.05) is 18.2 Å². The number of alkyl halides is 1. The number of amides is 2. The highest BCUT2D eigenvalue weighted by atomic mass is 79.9. The predicted octanol–water partition coefficient (Wildman–Crippen LogP) is 5.84. The Hall–Kier alpha value is -4.36. The summed E-state index contributed by atoms with van der Waals surface area (Å²) in [6, 6.07) is 6.41. The van der Waals surface area contributed by atoms with E-state index >= 15 is 0 Å². The zero-order valence-corrected chi connectivity index (χ0v) is 30.0. The Morgan fingerprint density at radius 1 is 1.10 bits per heavy atom. The van der Waals surface area contributed by atoms with Crippen LogP contribution in [0.3, 0.4) is 0 Å². The summed E-state index contributed by atoms with van der Waals surface area (Å²) in [6.07, 6.45) is 12.7. The van der Waals surface area contributed by atoms with Crippen molar-refractivity contribution >= 4 is 50.2 Å². The van der Waals surface area contributed by atoms with Gasteiger partial charge in [0.15, 0.2) is 5.78 Å². The van der Waals surface area contributed by atoms with Crippen LogP contribution >= 0.6 is 15.9 Å². The Morgan fingerprint density at radius 3 is 2.66 bits per heavy atom. The number of rotatable bonds is 5. The SMILES string of the molecule is CC(=O)c1nn(CC(=O)N2[C@H]3C[C@]4(C[C@@H]24)CN(C)CCCC/C=C/Cc2ccc(Br)nc2NC3=O)c2c(CF)cc(-c3cnc(C)nc3)cc12. The molecule has 2 fully saturated rings. The fraction of sp³-hybridized carbons (Fsp3) is 0.432. The summed E-state index contributed by atoms with van der Waals surface area (Å²) < 4.78 is 16.8. The van der Waals surface area contributed by atoms with Gasteiger partial charge in [0, 0.05) is 53.8 Å². The fourth-order valence-electron chi connectivity index (χ4n) is 7.77. The molecule has 0 radical (unpaired) electrons. The smallest absolute Gasteiger partial charge is 0.248 e. The Balaban J connectivity index is 1.24. The highest BCUT2D eigenvalue weighted by molar-refractivity contribution is 9.10. The van der Waals surface area contributed by atoms with E-state index in [4.69, 9.17) is 0 Å². The first-order chi connectivity index (χ1) is 24.1. The average Bonchev–Trinajstić information content (AvgIpc) is 3.47. The molecule has 5 heterocycles. The van der Waals surface area contributed by atoms with Crippen molar-refractivity contribution in [2.45, 2.75) is 77.7 Å². The van der Waals surface area contributed by atoms with Crippen LogP contribution in [-0.4, -0.2) is 84.4 Å². The van der Waals surface area contributed by atoms with Crippen molar-refractivity contribution in [1.29, 1.82) is 0 Å². The van der Waals surface area contributed by atoms with Gasteiger partial charge < -0.3 is 15.1 Å². The largest absolute Gasteiger partial charge is 0.325 e. The van der Waals surface area contributed by atoms with Gasteiger partial charge in [-0.15, -0.1) is 0 Å². The van der Waals surface area contributed by atoms with Crippen molar-refractivity contribution in [3.05, 3.63) is 76.1 Å². The lowest BCUT2D eigenvalue weighted by molar-refractivity contribution is -0.138. The second kappa shape index (κ2) is 13.7. The van der Waals surface area contributed by atoms with E-state index in [2.05, 4.69) is 65.4 Å². The predicted molar refractivity (Wildman–Crippen MR) is 191 cm³/mol. The van der Waals surface area contributed by atoms with Crippen molar-refractivity contribution in [2.24, 2.45) is 5.41 Å². The molecule has 13 heteroatoms. The van der Waals surface area contributed by atoms with E-state index in [1.54, 1.807) is 36.4 Å². The number of Topliss-reactive ketones (excluding diaryl/α,β-unsaturated/α-hetero) is 1. The van der Waals surface area contributed by atoms with Crippen LogP contribution in [0.4, 0.5) is 10.2 Å². The van der Waals surface area contributed by atoms with Gasteiger partial charge in [-0.05, 0) is 104 Å². The molecule has 1 saturated heterocycles. The van der Waals surface area contributed by atoms with E-state index in [-0.39, 0.29) is 41.3 Å². The van der Waals surface area contributed by atoms with Crippen LogP contribution < -0.4 is 5.32 Å². The fourth-order valence-corrected chi connectivity index (χ4v) is 8.07. The molecule has 260 valence electrons. The molecule has 3 aromatic heterocycles. The number of benzene rings is 1. The maximum Gasteiger partial charge on any atom is 0.248 e. The lowest BCUT2D eigenvalue weighted by atomic mass is 9.98. The van der Waals surface area contributed by atoms with Gasteiger partial charge >= 0.3 is 0 Å². The summed E-state index contributed by atoms with van der Waals surface area (Å²) in [5.74, 6) is 0.168. The first-order valence-corrected chi connectivity index (χ1v) is 17.9. The second-order valence-electron chi connectivity index (χ2n) is 13.9. The maximum absolute atomic E-state index is 14.7. The standard InChI is InChI=1S/C37H40BrFN8O3/c1-22(48)33-28-14-25(27-18-40-23(2)41-19-27)13-26(17-39)34(28)46(44-33)20-32(49)47-29-15-37(16-30(37)47)21-45(3)12-8-6-4-5-7-9-24-10-11-31(38)42-35(24)43-36(29)50/h5,7,10-11,13-14,18-19,29-30H,4,6,8-9,12,15-17,20-21H2,1-3H3,(H,42,43,50)/b7-5+/t29-,30+,37-/m0/s1. The van der Waals surface area contributed by atoms with E-state index in [1.165, 1.54) is 11.6 Å². The molecule has 4 aromatic rings. The second-order valence-corrected chi connectivity index (χ2v) is 14.7. The minimum Gasteiger partial charge on any atom is -0.325 e. The van der Waals surface area contributed by atoms with E-state index in [0.29, 0.717) is 56.7 Å². The molecule has 1 aliphatic carbocycles. The third-order valence-corrected chi connectivity index (χ3v) is 10.7. The average molecular weight is 744 g/mol. The van der Waals surface area contributed by atoms with Crippen molar-refractivity contribution in [1.82, 2.24) is 34.5 Å². The van der Waals surface area contributed by atoms with E-state index in [9.17, 15) is 18.8 Å². The van der Waals surface area contributed by atoms with Gasteiger partial charge in [-0.25, -0.2) is 19.3 Å². The monoisotopic (exact) mass is 742 g/mol. The molecule has 2 bridgehead atoms. The molecule has 7 rings (SSSR count). The number of halogens is 2. The third-order valence-electron chi connectivity index (χ3n) is 10.2. The number of likely N-dealkylation sites (tertiary alicyclic amines) is 1. The number of aryl methyl sites for hydroxylation is 1. The maximum atomic E-state index is 14.7. The van der Waals surface area contributed by atoms with Crippen LogP contribution in [0.2, 0.25) is 0 Å². The summed E-state index contributed by atoms with van der Waals surface area (Å²) in [7, 11) is 2.11. The zero-order chi connectivity index (χ0) is 35.2. The van der Waals surface area contributed by atoms with E-state index < -0.39 is 12.7 Å². The van der Waals surface area contributed by atoms with Crippen LogP contribution in [0.25, 0.3) is 22.0 Å². The first kappa shape index (κ1) is 34.1. The molecule has 3 aliphatic rings. The van der Waals surface area contributed by atoms with Crippen LogP contribution in [0.15, 0.2) is 53.4 Å². The summed E-state index contributed by atoms with van der Waals surface area (Å²) in [4.78, 5) is 58.6. The highest BCUT2D eigenvalue weighted by Crippen LogP contribution is 2.60. The Bertz CT molecular complexity index is 2010. The molecule has 50 heavy (non-hydrogen) atoms. The molecule has 1 saturated carbocycles. The van der Waals surface area contributed by atoms with Crippen molar-refractivity contribution in [3.8, 4) is 11.1 Å². The van der Waals surface area contributed by atoms with Crippen molar-refractivity contribution < 1.29 is 18.8 Å². The number of nitrogens with one attached hydrogen (secondary N) is 1. The quantitative estimate of drug-likeness (QED) is 0.154. The minimum atomic E-state index is -0.835. The normalized spacial score (nSPS) is 23.3. The topological polar surface area (TPSA) is 126 Å². The number of piperidine rings is 1. The molecular weight excluding hydrogens is 703 g/mol. The van der Waals surface area contributed by atoms with Crippen LogP contribution in [0.5, 0.6) is 0 Å². The molecule has 1 spiro atoms. The molecule has 2 aliphatic heterocycles. The summed E-state index contributed by atoms with van der Waals surface area (Å²) in [5.41, 5.74) is 2.82. The van der Waals surface area contributed by atoms with Crippen molar-refractivity contribution in [3.63, 3.8) is 0 Å². The number of hydrogen-bond donors (Lipinski definition) is 1. The van der Waals surface area contributed by atoms with Gasteiger partial charge in [0.1, 0.15) is 41.2 Å². The lowest BCUT2D eigenvalue weighted by Gasteiger charge is -2.27. The molecule has 2 amide bonds. The molecule has 1 aromatic carbocycles. The number of pyridine rings is 1. The molecular formula is C37H40BrFN8O3. The highest BCUT2D eigenvalue weighted by Gasteiger charge is 2.67. The number of carbonyl (C=O) groups excluding carboxylic acids is 3. The number of fused-ring (bicyclic) bond motifs is 3. The van der Waals surface area contributed by atoms with Gasteiger partial charge in [-0.2, -0.15) is 5.10 Å². The lowest BCUT2D eigenvalue weighted by Crippen LogP contribution is -2.47. The van der Waals surface area contributed by atoms with E-state index in [1.807, 2.05) is 12.1 Å². The van der Waals surface area contributed by atoms with Gasteiger partial charge in [0.05, 0.1) is 5.52 Å². The number of hydrogen-bond acceptors (Lipinski definition) is 8. The number of anilines is 1. The molecule has 1 N–H and O–H groups in total.